The zero-order valence-corrected chi connectivity index (χ0v) is 19.9. The fraction of sp³-hybridized carbons (Fsp3) is 0.429. The Morgan fingerprint density at radius 1 is 0.844 bits per heavy atom. The van der Waals surface area contributed by atoms with Gasteiger partial charge in [-0.2, -0.15) is 0 Å². The maximum atomic E-state index is 12.0. The molecule has 0 spiro atoms. The quantitative estimate of drug-likeness (QED) is 0.264. The molecule has 32 heavy (non-hydrogen) atoms. The second kappa shape index (κ2) is 13.5. The summed E-state index contributed by atoms with van der Waals surface area (Å²) in [6.07, 6.45) is 8.88. The van der Waals surface area contributed by atoms with Gasteiger partial charge < -0.3 is 9.47 Å². The number of aryl methyl sites for hydroxylation is 1. The number of Topliss-reactive ketones (excluding diaryl/α,β-unsaturated/α-hetero) is 2. The van der Waals surface area contributed by atoms with Gasteiger partial charge >= 0.3 is 0 Å². The number of carbonyl (C=O) groups is 2. The second-order valence-corrected chi connectivity index (χ2v) is 7.92. The summed E-state index contributed by atoms with van der Waals surface area (Å²) in [6.45, 7) is 3.64. The third-order valence-electron chi connectivity index (χ3n) is 5.75. The molecule has 0 aliphatic rings. The van der Waals surface area contributed by atoms with Gasteiger partial charge in [0.15, 0.2) is 0 Å². The molecule has 0 heterocycles. The summed E-state index contributed by atoms with van der Waals surface area (Å²) < 4.78 is 11.4. The Kier molecular flexibility index (Phi) is 10.7. The highest BCUT2D eigenvalue weighted by Crippen LogP contribution is 2.33. The van der Waals surface area contributed by atoms with Crippen LogP contribution in [0.5, 0.6) is 11.5 Å². The van der Waals surface area contributed by atoms with E-state index in [0.29, 0.717) is 19.3 Å². The van der Waals surface area contributed by atoms with Crippen LogP contribution < -0.4 is 9.47 Å². The molecule has 0 saturated heterocycles. The molecule has 0 amide bonds. The molecule has 0 bridgehead atoms. The summed E-state index contributed by atoms with van der Waals surface area (Å²) in [5, 5.41) is 0. The molecule has 172 valence electrons. The van der Waals surface area contributed by atoms with Crippen LogP contribution in [0.4, 0.5) is 0 Å². The molecular formula is C28H36O4. The smallest absolute Gasteiger partial charge is 0.143 e. The monoisotopic (exact) mass is 436 g/mol. The van der Waals surface area contributed by atoms with Crippen molar-refractivity contribution in [3.8, 4) is 11.5 Å². The van der Waals surface area contributed by atoms with E-state index >= 15 is 0 Å². The van der Waals surface area contributed by atoms with Crippen molar-refractivity contribution in [2.75, 3.05) is 14.2 Å². The Morgan fingerprint density at radius 3 is 1.94 bits per heavy atom. The van der Waals surface area contributed by atoms with Crippen molar-refractivity contribution in [1.82, 2.24) is 0 Å². The van der Waals surface area contributed by atoms with E-state index in [9.17, 15) is 9.59 Å². The zero-order valence-electron chi connectivity index (χ0n) is 19.9. The third kappa shape index (κ3) is 7.37. The van der Waals surface area contributed by atoms with Gasteiger partial charge in [-0.15, -0.1) is 0 Å². The van der Waals surface area contributed by atoms with Gasteiger partial charge in [0, 0.05) is 24.8 Å². The molecule has 0 radical (unpaired) electrons. The summed E-state index contributed by atoms with van der Waals surface area (Å²) in [6, 6.07) is 14.5. The number of carbonyl (C=O) groups excluding carboxylic acids is 2. The van der Waals surface area contributed by atoms with Gasteiger partial charge in [0.1, 0.15) is 23.1 Å². The molecule has 0 atom stereocenters. The van der Waals surface area contributed by atoms with Crippen molar-refractivity contribution in [2.45, 2.75) is 58.8 Å². The van der Waals surface area contributed by atoms with E-state index in [-0.39, 0.29) is 11.6 Å². The SMILES string of the molecule is CCC(=O)C(CC/C=C/CCc1cc(OC)c(Cc2ccccc2)c(OC)c1)C(=O)CC. The molecular weight excluding hydrogens is 400 g/mol. The highest BCUT2D eigenvalue weighted by Gasteiger charge is 2.22. The van der Waals surface area contributed by atoms with Crippen molar-refractivity contribution in [1.29, 1.82) is 0 Å². The summed E-state index contributed by atoms with van der Waals surface area (Å²) >= 11 is 0. The van der Waals surface area contributed by atoms with Crippen LogP contribution in [-0.4, -0.2) is 25.8 Å². The summed E-state index contributed by atoms with van der Waals surface area (Å²) in [5.41, 5.74) is 3.41. The number of ether oxygens (including phenoxy) is 2. The first kappa shape index (κ1) is 25.4. The molecule has 0 fully saturated rings. The first-order chi connectivity index (χ1) is 15.5. The molecule has 0 aliphatic carbocycles. The molecule has 0 aromatic heterocycles. The van der Waals surface area contributed by atoms with Crippen LogP contribution in [0.1, 0.15) is 62.6 Å². The Hall–Kier alpha value is -2.88. The largest absolute Gasteiger partial charge is 0.496 e. The standard InChI is InChI=1S/C28H36O4/c1-5-25(29)23(26(30)6-2)17-13-8-7-10-16-22-19-27(31-3)24(28(20-22)32-4)18-21-14-11-9-12-15-21/h7-9,11-12,14-15,19-20,23H,5-6,10,13,16-18H2,1-4H3/b8-7+. The van der Waals surface area contributed by atoms with Gasteiger partial charge in [-0.1, -0.05) is 56.3 Å². The molecule has 2 rings (SSSR count). The van der Waals surface area contributed by atoms with Crippen LogP contribution in [0, 0.1) is 5.92 Å². The van der Waals surface area contributed by atoms with Gasteiger partial charge in [0.25, 0.3) is 0 Å². The minimum absolute atomic E-state index is 0.0556. The molecule has 4 nitrogen and oxygen atoms in total. The van der Waals surface area contributed by atoms with E-state index < -0.39 is 5.92 Å². The maximum Gasteiger partial charge on any atom is 0.143 e. The van der Waals surface area contributed by atoms with Crippen molar-refractivity contribution in [2.24, 2.45) is 5.92 Å². The molecule has 4 heteroatoms. The third-order valence-corrected chi connectivity index (χ3v) is 5.75. The minimum Gasteiger partial charge on any atom is -0.496 e. The molecule has 2 aromatic rings. The summed E-state index contributed by atoms with van der Waals surface area (Å²) in [7, 11) is 3.39. The number of hydrogen-bond donors (Lipinski definition) is 0. The first-order valence-corrected chi connectivity index (χ1v) is 11.5. The molecule has 2 aromatic carbocycles. The van der Waals surface area contributed by atoms with Crippen molar-refractivity contribution in [3.05, 3.63) is 71.3 Å². The minimum atomic E-state index is -0.444. The summed E-state index contributed by atoms with van der Waals surface area (Å²) in [5.74, 6) is 1.35. The van der Waals surface area contributed by atoms with E-state index in [0.717, 1.165) is 48.3 Å². The average Bonchev–Trinajstić information content (AvgIpc) is 2.83. The number of hydrogen-bond acceptors (Lipinski definition) is 4. The predicted octanol–water partition coefficient (Wildman–Crippen LogP) is 6.14. The number of allylic oxidation sites excluding steroid dienone is 2. The average molecular weight is 437 g/mol. The first-order valence-electron chi connectivity index (χ1n) is 11.5. The van der Waals surface area contributed by atoms with Crippen LogP contribution >= 0.6 is 0 Å². The zero-order chi connectivity index (χ0) is 23.3. The van der Waals surface area contributed by atoms with Gasteiger partial charge in [-0.3, -0.25) is 9.59 Å². The molecule has 0 saturated carbocycles. The van der Waals surface area contributed by atoms with Gasteiger partial charge in [-0.05, 0) is 48.9 Å². The Bertz CT molecular complexity index is 858. The van der Waals surface area contributed by atoms with Crippen molar-refractivity contribution < 1.29 is 19.1 Å². The van der Waals surface area contributed by atoms with Crippen molar-refractivity contribution >= 4 is 11.6 Å². The van der Waals surface area contributed by atoms with Gasteiger partial charge in [0.05, 0.1) is 20.1 Å². The number of methoxy groups -OCH3 is 2. The van der Waals surface area contributed by atoms with Gasteiger partial charge in [-0.25, -0.2) is 0 Å². The lowest BCUT2D eigenvalue weighted by atomic mass is 9.91. The van der Waals surface area contributed by atoms with Crippen LogP contribution in [0.15, 0.2) is 54.6 Å². The highest BCUT2D eigenvalue weighted by molar-refractivity contribution is 6.02. The predicted molar refractivity (Wildman–Crippen MR) is 130 cm³/mol. The fourth-order valence-corrected chi connectivity index (χ4v) is 3.90. The maximum absolute atomic E-state index is 12.0. The van der Waals surface area contributed by atoms with E-state index in [1.54, 1.807) is 14.2 Å². The molecule has 0 N–H and O–H groups in total. The lowest BCUT2D eigenvalue weighted by molar-refractivity contribution is -0.132. The normalized spacial score (nSPS) is 11.2. The van der Waals surface area contributed by atoms with E-state index in [1.807, 2.05) is 32.0 Å². The Balaban J connectivity index is 1.98. The van der Waals surface area contributed by atoms with Crippen LogP contribution in [-0.2, 0) is 22.4 Å². The Labute approximate surface area is 192 Å². The van der Waals surface area contributed by atoms with Crippen molar-refractivity contribution in [3.63, 3.8) is 0 Å². The van der Waals surface area contributed by atoms with Crippen LogP contribution in [0.25, 0.3) is 0 Å². The second-order valence-electron chi connectivity index (χ2n) is 7.92. The summed E-state index contributed by atoms with van der Waals surface area (Å²) in [4.78, 5) is 24.0. The molecule has 0 aliphatic heterocycles. The lowest BCUT2D eigenvalue weighted by Gasteiger charge is -2.15. The van der Waals surface area contributed by atoms with Crippen LogP contribution in [0.2, 0.25) is 0 Å². The number of rotatable bonds is 14. The number of ketones is 2. The van der Waals surface area contributed by atoms with E-state index in [2.05, 4.69) is 36.4 Å². The Morgan fingerprint density at radius 2 is 1.41 bits per heavy atom. The highest BCUT2D eigenvalue weighted by atomic mass is 16.5. The molecule has 0 unspecified atom stereocenters. The van der Waals surface area contributed by atoms with E-state index in [4.69, 9.17) is 9.47 Å². The van der Waals surface area contributed by atoms with E-state index in [1.165, 1.54) is 5.56 Å². The van der Waals surface area contributed by atoms with Gasteiger partial charge in [0.2, 0.25) is 0 Å². The topological polar surface area (TPSA) is 52.6 Å². The lowest BCUT2D eigenvalue weighted by Crippen LogP contribution is -2.22. The number of benzene rings is 2. The fourth-order valence-electron chi connectivity index (χ4n) is 3.90. The van der Waals surface area contributed by atoms with Crippen LogP contribution in [0.3, 0.4) is 0 Å².